The number of hydrogen-bond donors (Lipinski definition) is 3. The molecule has 0 radical (unpaired) electrons. The van der Waals surface area contributed by atoms with Gasteiger partial charge in [0, 0.05) is 26.2 Å². The van der Waals surface area contributed by atoms with Crippen molar-refractivity contribution in [2.75, 3.05) is 32.8 Å². The lowest BCUT2D eigenvalue weighted by Crippen LogP contribution is -2.44. The maximum Gasteiger partial charge on any atom is 0.265 e. The molecule has 1 amide bonds. The maximum atomic E-state index is 12.2. The van der Waals surface area contributed by atoms with Crippen LogP contribution in [0.25, 0.3) is 0 Å². The van der Waals surface area contributed by atoms with Gasteiger partial charge in [0.1, 0.15) is 17.9 Å². The van der Waals surface area contributed by atoms with E-state index >= 15 is 0 Å². The summed E-state index contributed by atoms with van der Waals surface area (Å²) in [7, 11) is 0. The van der Waals surface area contributed by atoms with Crippen LogP contribution in [0.3, 0.4) is 0 Å². The zero-order valence-electron chi connectivity index (χ0n) is 17.7. The molecule has 162 valence electrons. The fourth-order valence-electron chi connectivity index (χ4n) is 3.50. The van der Waals surface area contributed by atoms with Crippen LogP contribution in [0.2, 0.25) is 0 Å². The van der Waals surface area contributed by atoms with Gasteiger partial charge in [0.25, 0.3) is 5.91 Å². The van der Waals surface area contributed by atoms with Gasteiger partial charge in [-0.25, -0.2) is 9.98 Å². The fourth-order valence-corrected chi connectivity index (χ4v) is 3.50. The van der Waals surface area contributed by atoms with Crippen molar-refractivity contribution in [1.29, 1.82) is 0 Å². The van der Waals surface area contributed by atoms with E-state index in [1.165, 1.54) is 23.0 Å². The maximum absolute atomic E-state index is 12.2. The number of rotatable bonds is 9. The van der Waals surface area contributed by atoms with Crippen molar-refractivity contribution in [3.05, 3.63) is 47.3 Å². The van der Waals surface area contributed by atoms with Gasteiger partial charge in [-0.15, -0.1) is 0 Å². The van der Waals surface area contributed by atoms with Crippen LogP contribution in [0.4, 0.5) is 0 Å². The Bertz CT molecular complexity index is 832. The number of aliphatic hydroxyl groups is 1. The number of benzene rings is 1. The SMILES string of the molecule is C=C(/N=C\N=C(/C)C(=O)NC[C@H](O)CN1CCc2cccc(C)c2C1)NC1COC1. The van der Waals surface area contributed by atoms with Crippen molar-refractivity contribution in [3.63, 3.8) is 0 Å². The first kappa shape index (κ1) is 22.1. The standard InChI is InChI=1S/C22H31N5O3/c1-15-5-4-6-18-7-8-27(11-21(15)18)10-20(28)9-23-22(29)16(2)24-14-25-17(3)26-19-12-30-13-19/h4-6,14,19-20,26,28H,3,7-13H2,1-2H3,(H,23,29)/b24-16+,25-14-/t20-/m0/s1. The minimum Gasteiger partial charge on any atom is -0.390 e. The lowest BCUT2D eigenvalue weighted by atomic mass is 9.95. The van der Waals surface area contributed by atoms with Gasteiger partial charge in [0.2, 0.25) is 0 Å². The van der Waals surface area contributed by atoms with Gasteiger partial charge in [0.05, 0.1) is 25.4 Å². The Labute approximate surface area is 177 Å². The smallest absolute Gasteiger partial charge is 0.265 e. The molecule has 1 fully saturated rings. The second-order valence-corrected chi connectivity index (χ2v) is 7.85. The highest BCUT2D eigenvalue weighted by molar-refractivity contribution is 6.39. The average molecular weight is 414 g/mol. The first-order chi connectivity index (χ1) is 14.4. The Morgan fingerprint density at radius 3 is 3.00 bits per heavy atom. The zero-order valence-corrected chi connectivity index (χ0v) is 17.7. The van der Waals surface area contributed by atoms with Crippen molar-refractivity contribution < 1.29 is 14.6 Å². The second-order valence-electron chi connectivity index (χ2n) is 7.85. The molecule has 2 aliphatic heterocycles. The molecule has 8 nitrogen and oxygen atoms in total. The first-order valence-electron chi connectivity index (χ1n) is 10.3. The third-order valence-corrected chi connectivity index (χ3v) is 5.36. The van der Waals surface area contributed by atoms with Crippen LogP contribution in [0, 0.1) is 6.92 Å². The Morgan fingerprint density at radius 2 is 2.27 bits per heavy atom. The van der Waals surface area contributed by atoms with Crippen molar-refractivity contribution in [3.8, 4) is 0 Å². The molecule has 30 heavy (non-hydrogen) atoms. The molecule has 0 bridgehead atoms. The fraction of sp³-hybridized carbons (Fsp3) is 0.500. The van der Waals surface area contributed by atoms with Gasteiger partial charge < -0.3 is 20.5 Å². The van der Waals surface area contributed by atoms with Gasteiger partial charge in [0.15, 0.2) is 0 Å². The van der Waals surface area contributed by atoms with E-state index in [0.717, 1.165) is 19.5 Å². The van der Waals surface area contributed by atoms with Crippen LogP contribution < -0.4 is 10.6 Å². The second kappa shape index (κ2) is 10.5. The highest BCUT2D eigenvalue weighted by Crippen LogP contribution is 2.22. The number of nitrogens with zero attached hydrogens (tertiary/aromatic N) is 3. The van der Waals surface area contributed by atoms with Gasteiger partial charge in [-0.2, -0.15) is 0 Å². The summed E-state index contributed by atoms with van der Waals surface area (Å²) in [5.74, 6) is 0.153. The van der Waals surface area contributed by atoms with Crippen molar-refractivity contribution >= 4 is 18.0 Å². The summed E-state index contributed by atoms with van der Waals surface area (Å²) in [6.07, 6.45) is 1.64. The number of hydrogen-bond acceptors (Lipinski definition) is 6. The van der Waals surface area contributed by atoms with Gasteiger partial charge in [-0.1, -0.05) is 24.8 Å². The van der Waals surface area contributed by atoms with Gasteiger partial charge >= 0.3 is 0 Å². The molecule has 1 aromatic carbocycles. The molecule has 0 saturated carbocycles. The molecular weight excluding hydrogens is 382 g/mol. The summed E-state index contributed by atoms with van der Waals surface area (Å²) in [6, 6.07) is 6.63. The largest absolute Gasteiger partial charge is 0.390 e. The summed E-state index contributed by atoms with van der Waals surface area (Å²) in [6.45, 7) is 11.2. The highest BCUT2D eigenvalue weighted by Gasteiger charge is 2.20. The zero-order chi connectivity index (χ0) is 21.5. The van der Waals surface area contributed by atoms with E-state index in [0.29, 0.717) is 25.6 Å². The predicted octanol–water partition coefficient (Wildman–Crippen LogP) is 0.779. The Morgan fingerprint density at radius 1 is 1.47 bits per heavy atom. The van der Waals surface area contributed by atoms with E-state index in [4.69, 9.17) is 4.74 Å². The van der Waals surface area contributed by atoms with Crippen LogP contribution in [0.1, 0.15) is 23.6 Å². The van der Waals surface area contributed by atoms with E-state index in [1.54, 1.807) is 6.92 Å². The first-order valence-corrected chi connectivity index (χ1v) is 10.3. The minimum absolute atomic E-state index is 0.176. The van der Waals surface area contributed by atoms with Crippen LogP contribution in [0.15, 0.2) is 40.6 Å². The summed E-state index contributed by atoms with van der Waals surface area (Å²) in [5.41, 5.74) is 4.30. The Kier molecular flexibility index (Phi) is 7.73. The monoisotopic (exact) mass is 413 g/mol. The minimum atomic E-state index is -0.644. The third-order valence-electron chi connectivity index (χ3n) is 5.36. The van der Waals surface area contributed by atoms with Crippen molar-refractivity contribution in [2.24, 2.45) is 9.98 Å². The molecule has 0 aliphatic carbocycles. The lowest BCUT2D eigenvalue weighted by molar-refractivity contribution is -0.115. The number of β-amino-alcohol motifs (C(OH)–C–C–N with tert-alkyl or cyclic N) is 1. The van der Waals surface area contributed by atoms with Crippen LogP contribution in [0.5, 0.6) is 0 Å². The number of aryl methyl sites for hydroxylation is 1. The Hall–Kier alpha value is -2.55. The molecule has 0 spiro atoms. The number of amides is 1. The molecule has 0 aromatic heterocycles. The van der Waals surface area contributed by atoms with Crippen molar-refractivity contribution in [1.82, 2.24) is 15.5 Å². The molecule has 2 heterocycles. The Balaban J connectivity index is 1.39. The molecule has 1 atom stereocenters. The summed E-state index contributed by atoms with van der Waals surface area (Å²) in [5, 5.41) is 16.2. The molecule has 0 unspecified atom stereocenters. The van der Waals surface area contributed by atoms with E-state index in [1.807, 2.05) is 0 Å². The summed E-state index contributed by atoms with van der Waals surface area (Å²) in [4.78, 5) is 22.5. The van der Waals surface area contributed by atoms with Gasteiger partial charge in [-0.3, -0.25) is 9.69 Å². The number of carbonyl (C=O) groups is 1. The molecule has 1 aromatic rings. The number of fused-ring (bicyclic) bond motifs is 1. The number of carbonyl (C=O) groups excluding carboxylic acids is 1. The molecule has 3 rings (SSSR count). The van der Waals surface area contributed by atoms with Crippen LogP contribution >= 0.6 is 0 Å². The van der Waals surface area contributed by atoms with Crippen LogP contribution in [-0.4, -0.2) is 73.0 Å². The number of nitrogens with one attached hydrogen (secondary N) is 2. The van der Waals surface area contributed by atoms with Gasteiger partial charge in [-0.05, 0) is 37.0 Å². The van der Waals surface area contributed by atoms with Crippen LogP contribution in [-0.2, 0) is 22.5 Å². The number of aliphatic imine (C=N–C) groups is 2. The predicted molar refractivity (Wildman–Crippen MR) is 118 cm³/mol. The third kappa shape index (κ3) is 6.22. The molecule has 8 heteroatoms. The van der Waals surface area contributed by atoms with E-state index in [-0.39, 0.29) is 24.2 Å². The highest BCUT2D eigenvalue weighted by atomic mass is 16.5. The summed E-state index contributed by atoms with van der Waals surface area (Å²) >= 11 is 0. The van der Waals surface area contributed by atoms with Crippen molar-refractivity contribution in [2.45, 2.75) is 39.0 Å². The van der Waals surface area contributed by atoms with E-state index < -0.39 is 6.10 Å². The molecule has 3 N–H and O–H groups in total. The molecule has 1 saturated heterocycles. The number of ether oxygens (including phenoxy) is 1. The number of aliphatic hydroxyl groups excluding tert-OH is 1. The summed E-state index contributed by atoms with van der Waals surface area (Å²) < 4.78 is 5.07. The van der Waals surface area contributed by atoms with E-state index in [2.05, 4.69) is 57.2 Å². The molecular formula is C22H31N5O3. The molecule has 2 aliphatic rings. The van der Waals surface area contributed by atoms with E-state index in [9.17, 15) is 9.90 Å². The lowest BCUT2D eigenvalue weighted by Gasteiger charge is -2.31. The average Bonchev–Trinajstić information content (AvgIpc) is 2.69. The quantitative estimate of drug-likeness (QED) is 0.411. The topological polar surface area (TPSA) is 98.5 Å². The normalized spacial score (nSPS) is 18.6.